The third-order valence-corrected chi connectivity index (χ3v) is 4.20. The third-order valence-electron chi connectivity index (χ3n) is 3.50. The molecule has 0 aliphatic carbocycles. The first kappa shape index (κ1) is 17.0. The molecule has 0 spiro atoms. The highest BCUT2D eigenvalue weighted by Gasteiger charge is 2.11. The molecular weight excluding hydrogens is 384 g/mol. The van der Waals surface area contributed by atoms with Crippen LogP contribution < -0.4 is 10.6 Å². The van der Waals surface area contributed by atoms with Crippen molar-refractivity contribution in [2.75, 3.05) is 5.32 Å². The summed E-state index contributed by atoms with van der Waals surface area (Å²) in [6, 6.07) is 17.5. The van der Waals surface area contributed by atoms with Gasteiger partial charge < -0.3 is 15.1 Å². The number of anilines is 1. The van der Waals surface area contributed by atoms with Gasteiger partial charge in [-0.3, -0.25) is 9.59 Å². The maximum absolute atomic E-state index is 12.3. The number of carbonyl (C=O) groups excluding carboxylic acids is 2. The number of nitrogens with one attached hydrogen (secondary N) is 2. The molecule has 5 nitrogen and oxygen atoms in total. The molecule has 3 rings (SSSR count). The summed E-state index contributed by atoms with van der Waals surface area (Å²) in [7, 11) is 0. The fourth-order valence-electron chi connectivity index (χ4n) is 2.26. The second-order valence-electron chi connectivity index (χ2n) is 5.28. The largest absolute Gasteiger partial charge is 0.467 e. The first-order valence-electron chi connectivity index (χ1n) is 7.60. The molecule has 0 fully saturated rings. The monoisotopic (exact) mass is 398 g/mol. The van der Waals surface area contributed by atoms with Crippen LogP contribution in [-0.2, 0) is 6.54 Å². The number of benzene rings is 2. The van der Waals surface area contributed by atoms with E-state index in [2.05, 4.69) is 26.6 Å². The molecule has 0 aliphatic rings. The highest BCUT2D eigenvalue weighted by atomic mass is 79.9. The second kappa shape index (κ2) is 7.81. The van der Waals surface area contributed by atoms with E-state index in [0.29, 0.717) is 33.6 Å². The van der Waals surface area contributed by atoms with E-state index in [1.165, 1.54) is 0 Å². The molecule has 1 heterocycles. The van der Waals surface area contributed by atoms with Gasteiger partial charge in [-0.25, -0.2) is 0 Å². The Bertz CT molecular complexity index is 891. The Hall–Kier alpha value is -2.86. The normalized spacial score (nSPS) is 10.3. The van der Waals surface area contributed by atoms with Gasteiger partial charge in [0.1, 0.15) is 5.76 Å². The fraction of sp³-hybridized carbons (Fsp3) is 0.0526. The van der Waals surface area contributed by atoms with E-state index in [9.17, 15) is 9.59 Å². The van der Waals surface area contributed by atoms with Crippen LogP contribution in [0.1, 0.15) is 26.5 Å². The molecule has 6 heteroatoms. The third kappa shape index (κ3) is 4.36. The summed E-state index contributed by atoms with van der Waals surface area (Å²) in [6.45, 7) is 0.305. The van der Waals surface area contributed by atoms with Gasteiger partial charge in [0, 0.05) is 15.7 Å². The van der Waals surface area contributed by atoms with Gasteiger partial charge in [-0.15, -0.1) is 0 Å². The van der Waals surface area contributed by atoms with E-state index < -0.39 is 0 Å². The van der Waals surface area contributed by atoms with Gasteiger partial charge in [-0.05, 0) is 58.4 Å². The minimum Gasteiger partial charge on any atom is -0.467 e. The molecule has 126 valence electrons. The van der Waals surface area contributed by atoms with Crippen molar-refractivity contribution in [2.24, 2.45) is 0 Å². The first-order valence-corrected chi connectivity index (χ1v) is 8.39. The van der Waals surface area contributed by atoms with Crippen molar-refractivity contribution in [1.82, 2.24) is 5.32 Å². The van der Waals surface area contributed by atoms with Crippen LogP contribution in [0.25, 0.3) is 0 Å². The Morgan fingerprint density at radius 3 is 2.56 bits per heavy atom. The van der Waals surface area contributed by atoms with Gasteiger partial charge >= 0.3 is 0 Å². The van der Waals surface area contributed by atoms with Crippen LogP contribution in [0.15, 0.2) is 75.8 Å². The predicted octanol–water partition coefficient (Wildman–Crippen LogP) is 4.22. The number of halogens is 1. The van der Waals surface area contributed by atoms with E-state index in [-0.39, 0.29) is 11.8 Å². The first-order chi connectivity index (χ1) is 12.1. The van der Waals surface area contributed by atoms with Crippen LogP contribution in [0.2, 0.25) is 0 Å². The summed E-state index contributed by atoms with van der Waals surface area (Å²) in [5.41, 5.74) is 1.53. The molecule has 0 unspecified atom stereocenters. The molecule has 1 aromatic heterocycles. The predicted molar refractivity (Wildman–Crippen MR) is 98.4 cm³/mol. The lowest BCUT2D eigenvalue weighted by atomic mass is 10.1. The summed E-state index contributed by atoms with van der Waals surface area (Å²) in [5, 5.41) is 5.57. The van der Waals surface area contributed by atoms with Gasteiger partial charge in [0.15, 0.2) is 0 Å². The van der Waals surface area contributed by atoms with Crippen LogP contribution in [0, 0.1) is 0 Å². The molecule has 0 atom stereocenters. The fourth-order valence-corrected chi connectivity index (χ4v) is 2.73. The second-order valence-corrected chi connectivity index (χ2v) is 6.13. The highest BCUT2D eigenvalue weighted by molar-refractivity contribution is 9.10. The molecule has 25 heavy (non-hydrogen) atoms. The van der Waals surface area contributed by atoms with Crippen molar-refractivity contribution in [3.8, 4) is 0 Å². The Morgan fingerprint density at radius 2 is 1.80 bits per heavy atom. The number of hydrogen-bond donors (Lipinski definition) is 2. The van der Waals surface area contributed by atoms with Crippen LogP contribution in [0.3, 0.4) is 0 Å². The molecule has 0 saturated carbocycles. The molecule has 0 bridgehead atoms. The van der Waals surface area contributed by atoms with Crippen molar-refractivity contribution in [2.45, 2.75) is 6.54 Å². The molecular formula is C19H15BrN2O3. The van der Waals surface area contributed by atoms with E-state index in [0.717, 1.165) is 0 Å². The summed E-state index contributed by atoms with van der Waals surface area (Å²) in [4.78, 5) is 24.6. The summed E-state index contributed by atoms with van der Waals surface area (Å²) >= 11 is 3.35. The molecule has 3 aromatic rings. The Balaban J connectivity index is 1.67. The zero-order valence-corrected chi connectivity index (χ0v) is 14.7. The molecule has 0 radical (unpaired) electrons. The summed E-state index contributed by atoms with van der Waals surface area (Å²) in [5.74, 6) is 0.181. The van der Waals surface area contributed by atoms with Gasteiger partial charge in [0.2, 0.25) is 0 Å². The van der Waals surface area contributed by atoms with Crippen LogP contribution in [0.5, 0.6) is 0 Å². The van der Waals surface area contributed by atoms with Crippen molar-refractivity contribution >= 4 is 33.4 Å². The molecule has 0 aliphatic heterocycles. The lowest BCUT2D eigenvalue weighted by Crippen LogP contribution is -2.22. The van der Waals surface area contributed by atoms with E-state index in [4.69, 9.17) is 4.42 Å². The minimum atomic E-state index is -0.249. The SMILES string of the molecule is O=C(NCc1ccco1)c1cccc(NC(=O)c2ccccc2Br)c1. The topological polar surface area (TPSA) is 71.3 Å². The van der Waals surface area contributed by atoms with Crippen molar-refractivity contribution in [3.63, 3.8) is 0 Å². The van der Waals surface area contributed by atoms with E-state index in [1.54, 1.807) is 60.9 Å². The Kier molecular flexibility index (Phi) is 5.30. The summed E-state index contributed by atoms with van der Waals surface area (Å²) < 4.78 is 5.89. The lowest BCUT2D eigenvalue weighted by Gasteiger charge is -2.09. The Labute approximate surface area is 153 Å². The smallest absolute Gasteiger partial charge is 0.256 e. The van der Waals surface area contributed by atoms with Crippen molar-refractivity contribution < 1.29 is 14.0 Å². The van der Waals surface area contributed by atoms with Gasteiger partial charge in [0.25, 0.3) is 11.8 Å². The zero-order chi connectivity index (χ0) is 17.6. The van der Waals surface area contributed by atoms with Crippen LogP contribution >= 0.6 is 15.9 Å². The van der Waals surface area contributed by atoms with Crippen molar-refractivity contribution in [3.05, 3.63) is 88.3 Å². The minimum absolute atomic E-state index is 0.242. The lowest BCUT2D eigenvalue weighted by molar-refractivity contribution is 0.0946. The van der Waals surface area contributed by atoms with E-state index in [1.807, 2.05) is 6.07 Å². The average molecular weight is 399 g/mol. The number of hydrogen-bond acceptors (Lipinski definition) is 3. The number of amides is 2. The van der Waals surface area contributed by atoms with Gasteiger partial charge in [-0.1, -0.05) is 18.2 Å². The van der Waals surface area contributed by atoms with E-state index >= 15 is 0 Å². The number of furan rings is 1. The van der Waals surface area contributed by atoms with Crippen LogP contribution in [-0.4, -0.2) is 11.8 Å². The maximum atomic E-state index is 12.3. The van der Waals surface area contributed by atoms with Crippen molar-refractivity contribution in [1.29, 1.82) is 0 Å². The Morgan fingerprint density at radius 1 is 0.960 bits per heavy atom. The quantitative estimate of drug-likeness (QED) is 0.675. The van der Waals surface area contributed by atoms with Gasteiger partial charge in [0.05, 0.1) is 18.4 Å². The standard InChI is InChI=1S/C19H15BrN2O3/c20-17-9-2-1-8-16(17)19(24)22-14-6-3-5-13(11-14)18(23)21-12-15-7-4-10-25-15/h1-11H,12H2,(H,21,23)(H,22,24). The molecule has 0 saturated heterocycles. The van der Waals surface area contributed by atoms with Crippen LogP contribution in [0.4, 0.5) is 5.69 Å². The average Bonchev–Trinajstić information content (AvgIpc) is 3.14. The van der Waals surface area contributed by atoms with Gasteiger partial charge in [-0.2, -0.15) is 0 Å². The molecule has 2 N–H and O–H groups in total. The summed E-state index contributed by atoms with van der Waals surface area (Å²) in [6.07, 6.45) is 1.55. The highest BCUT2D eigenvalue weighted by Crippen LogP contribution is 2.18. The number of rotatable bonds is 5. The maximum Gasteiger partial charge on any atom is 0.256 e. The molecule has 2 aromatic carbocycles. The number of carbonyl (C=O) groups is 2. The zero-order valence-electron chi connectivity index (χ0n) is 13.2. The molecule has 2 amide bonds.